The lowest BCUT2D eigenvalue weighted by Crippen LogP contribution is -2.45. The third-order valence-corrected chi connectivity index (χ3v) is 3.10. The average Bonchev–Trinajstić information content (AvgIpc) is 2.43. The van der Waals surface area contributed by atoms with E-state index in [0.29, 0.717) is 12.6 Å². The fourth-order valence-corrected chi connectivity index (χ4v) is 1.73. The fraction of sp³-hybridized carbons (Fsp3) is 0.562. The molecule has 0 saturated heterocycles. The zero-order chi connectivity index (χ0) is 15.0. The highest BCUT2D eigenvalue weighted by Gasteiger charge is 2.07. The van der Waals surface area contributed by atoms with E-state index < -0.39 is 0 Å². The van der Waals surface area contributed by atoms with E-state index in [2.05, 4.69) is 42.5 Å². The largest absolute Gasteiger partial charge is 0.489 e. The summed E-state index contributed by atoms with van der Waals surface area (Å²) in [7, 11) is 1.78. The highest BCUT2D eigenvalue weighted by molar-refractivity contribution is 14.0. The van der Waals surface area contributed by atoms with Crippen molar-refractivity contribution in [1.82, 2.24) is 10.6 Å². The van der Waals surface area contributed by atoms with Gasteiger partial charge in [0.05, 0.1) is 6.54 Å². The minimum atomic E-state index is 0. The Labute approximate surface area is 145 Å². The van der Waals surface area contributed by atoms with E-state index in [9.17, 15) is 0 Å². The van der Waals surface area contributed by atoms with Gasteiger partial charge >= 0.3 is 0 Å². The normalized spacial score (nSPS) is 13.9. The number of ether oxygens (including phenoxy) is 1. The first-order chi connectivity index (χ1) is 9.55. The van der Waals surface area contributed by atoms with Gasteiger partial charge < -0.3 is 15.4 Å². The van der Waals surface area contributed by atoms with E-state index in [4.69, 9.17) is 4.74 Å². The molecule has 120 valence electrons. The van der Waals surface area contributed by atoms with Crippen LogP contribution in [0.4, 0.5) is 0 Å². The van der Waals surface area contributed by atoms with Crippen molar-refractivity contribution >= 4 is 29.9 Å². The van der Waals surface area contributed by atoms with Crippen LogP contribution in [-0.4, -0.2) is 31.7 Å². The second kappa shape index (κ2) is 10.7. The number of hydrogen-bond donors (Lipinski definition) is 2. The summed E-state index contributed by atoms with van der Waals surface area (Å²) < 4.78 is 5.88. The highest BCUT2D eigenvalue weighted by Crippen LogP contribution is 2.13. The van der Waals surface area contributed by atoms with Crippen molar-refractivity contribution in [2.45, 2.75) is 46.3 Å². The number of halogens is 1. The molecule has 2 N–H and O–H groups in total. The van der Waals surface area contributed by atoms with E-state index in [-0.39, 0.29) is 30.1 Å². The number of guanidine groups is 1. The number of nitrogens with one attached hydrogen (secondary N) is 2. The second-order valence-electron chi connectivity index (χ2n) is 5.15. The van der Waals surface area contributed by atoms with Crippen molar-refractivity contribution in [3.63, 3.8) is 0 Å². The molecule has 0 aromatic heterocycles. The van der Waals surface area contributed by atoms with E-state index in [1.165, 1.54) is 5.56 Å². The van der Waals surface area contributed by atoms with Gasteiger partial charge in [-0.15, -0.1) is 24.0 Å². The van der Waals surface area contributed by atoms with E-state index in [1.807, 2.05) is 25.1 Å². The summed E-state index contributed by atoms with van der Waals surface area (Å²) in [6.45, 7) is 9.11. The molecule has 21 heavy (non-hydrogen) atoms. The molecule has 0 radical (unpaired) electrons. The molecule has 0 fully saturated rings. The Bertz CT molecular complexity index is 437. The maximum atomic E-state index is 5.88. The summed E-state index contributed by atoms with van der Waals surface area (Å²) in [5.74, 6) is 1.73. The Morgan fingerprint density at radius 2 is 2.05 bits per heavy atom. The number of nitrogens with zero attached hydrogens (tertiary/aromatic N) is 1. The Morgan fingerprint density at radius 1 is 1.33 bits per heavy atom. The SMILES string of the molecule is CCC(C)NC(=NC)NCC(C)Oc1cccc(C)c1.I. The van der Waals surface area contributed by atoms with Gasteiger partial charge in [0, 0.05) is 13.1 Å². The predicted molar refractivity (Wildman–Crippen MR) is 101 cm³/mol. The first-order valence-electron chi connectivity index (χ1n) is 7.25. The monoisotopic (exact) mass is 405 g/mol. The first-order valence-corrected chi connectivity index (χ1v) is 7.25. The van der Waals surface area contributed by atoms with Crippen LogP contribution in [0.5, 0.6) is 5.75 Å². The molecule has 5 heteroatoms. The Hall–Kier alpha value is -0.980. The number of aryl methyl sites for hydroxylation is 1. The zero-order valence-corrected chi connectivity index (χ0v) is 16.0. The van der Waals surface area contributed by atoms with Gasteiger partial charge in [-0.25, -0.2) is 0 Å². The zero-order valence-electron chi connectivity index (χ0n) is 13.6. The Kier molecular flexibility index (Phi) is 10.2. The molecule has 0 heterocycles. The van der Waals surface area contributed by atoms with E-state index in [0.717, 1.165) is 18.1 Å². The summed E-state index contributed by atoms with van der Waals surface area (Å²) in [5.41, 5.74) is 1.21. The van der Waals surface area contributed by atoms with Crippen molar-refractivity contribution in [2.75, 3.05) is 13.6 Å². The van der Waals surface area contributed by atoms with Gasteiger partial charge in [0.25, 0.3) is 0 Å². The number of rotatable bonds is 6. The molecule has 0 aliphatic heterocycles. The number of hydrogen-bond acceptors (Lipinski definition) is 2. The second-order valence-corrected chi connectivity index (χ2v) is 5.15. The molecule has 1 rings (SSSR count). The molecule has 0 spiro atoms. The summed E-state index contributed by atoms with van der Waals surface area (Å²) in [6, 6.07) is 8.51. The summed E-state index contributed by atoms with van der Waals surface area (Å²) >= 11 is 0. The predicted octanol–water partition coefficient (Wildman–Crippen LogP) is 3.34. The van der Waals surface area contributed by atoms with Crippen molar-refractivity contribution in [3.8, 4) is 5.75 Å². The molecule has 1 aromatic carbocycles. The van der Waals surface area contributed by atoms with E-state index >= 15 is 0 Å². The minimum Gasteiger partial charge on any atom is -0.489 e. The van der Waals surface area contributed by atoms with Crippen LogP contribution in [0.25, 0.3) is 0 Å². The quantitative estimate of drug-likeness (QED) is 0.434. The average molecular weight is 405 g/mol. The standard InChI is InChI=1S/C16H27N3O.HI/c1-6-13(3)19-16(17-5)18-11-14(4)20-15-9-7-8-12(2)10-15;/h7-10,13-14H,6,11H2,1-5H3,(H2,17,18,19);1H. The van der Waals surface area contributed by atoms with Crippen LogP contribution in [0.2, 0.25) is 0 Å². The van der Waals surface area contributed by atoms with Crippen molar-refractivity contribution in [2.24, 2.45) is 4.99 Å². The third-order valence-electron chi connectivity index (χ3n) is 3.10. The molecule has 4 nitrogen and oxygen atoms in total. The van der Waals surface area contributed by atoms with Gasteiger partial charge in [-0.3, -0.25) is 4.99 Å². The first kappa shape index (κ1) is 20.0. The summed E-state index contributed by atoms with van der Waals surface area (Å²) in [5, 5.41) is 6.61. The summed E-state index contributed by atoms with van der Waals surface area (Å²) in [6.07, 6.45) is 1.14. The van der Waals surface area contributed by atoms with E-state index in [1.54, 1.807) is 7.05 Å². The Morgan fingerprint density at radius 3 is 2.62 bits per heavy atom. The molecule has 0 bridgehead atoms. The molecular weight excluding hydrogens is 377 g/mol. The van der Waals surface area contributed by atoms with Crippen molar-refractivity contribution in [3.05, 3.63) is 29.8 Å². The maximum absolute atomic E-state index is 5.88. The molecule has 0 amide bonds. The van der Waals surface area contributed by atoms with Gasteiger partial charge in [-0.2, -0.15) is 0 Å². The van der Waals surface area contributed by atoms with Crippen LogP contribution < -0.4 is 15.4 Å². The van der Waals surface area contributed by atoms with Crippen LogP contribution in [0.15, 0.2) is 29.3 Å². The van der Waals surface area contributed by atoms with Gasteiger partial charge in [-0.05, 0) is 44.9 Å². The number of benzene rings is 1. The minimum absolute atomic E-state index is 0. The summed E-state index contributed by atoms with van der Waals surface area (Å²) in [4.78, 5) is 4.21. The Balaban J connectivity index is 0.00000400. The van der Waals surface area contributed by atoms with Crippen LogP contribution >= 0.6 is 24.0 Å². The van der Waals surface area contributed by atoms with Crippen molar-refractivity contribution < 1.29 is 4.74 Å². The smallest absolute Gasteiger partial charge is 0.191 e. The van der Waals surface area contributed by atoms with Gasteiger partial charge in [0.15, 0.2) is 5.96 Å². The molecular formula is C16H28IN3O. The van der Waals surface area contributed by atoms with Crippen LogP contribution in [0.3, 0.4) is 0 Å². The van der Waals surface area contributed by atoms with Gasteiger partial charge in [0.2, 0.25) is 0 Å². The lowest BCUT2D eigenvalue weighted by molar-refractivity contribution is 0.223. The molecule has 2 unspecified atom stereocenters. The van der Waals surface area contributed by atoms with Crippen molar-refractivity contribution in [1.29, 1.82) is 0 Å². The topological polar surface area (TPSA) is 45.7 Å². The molecule has 2 atom stereocenters. The third kappa shape index (κ3) is 8.14. The van der Waals surface area contributed by atoms with Crippen LogP contribution in [-0.2, 0) is 0 Å². The molecule has 0 saturated carbocycles. The van der Waals surface area contributed by atoms with Gasteiger partial charge in [-0.1, -0.05) is 19.1 Å². The highest BCUT2D eigenvalue weighted by atomic mass is 127. The number of aliphatic imine (C=N–C) groups is 1. The van der Waals surface area contributed by atoms with Crippen LogP contribution in [0, 0.1) is 6.92 Å². The van der Waals surface area contributed by atoms with Gasteiger partial charge in [0.1, 0.15) is 11.9 Å². The molecule has 0 aliphatic rings. The fourth-order valence-electron chi connectivity index (χ4n) is 1.73. The van der Waals surface area contributed by atoms with Crippen LogP contribution in [0.1, 0.15) is 32.8 Å². The lowest BCUT2D eigenvalue weighted by Gasteiger charge is -2.20. The molecule has 1 aromatic rings. The maximum Gasteiger partial charge on any atom is 0.191 e. The molecule has 0 aliphatic carbocycles. The lowest BCUT2D eigenvalue weighted by atomic mass is 10.2.